The van der Waals surface area contributed by atoms with Crippen LogP contribution in [-0.4, -0.2) is 5.11 Å². The Balaban J connectivity index is 2.77. The Hall–Kier alpha value is -1.28. The molecular weight excluding hydrogens is 176 g/mol. The summed E-state index contributed by atoms with van der Waals surface area (Å²) in [6, 6.07) is 7.72. The van der Waals surface area contributed by atoms with E-state index in [4.69, 9.17) is 4.74 Å². The summed E-state index contributed by atoms with van der Waals surface area (Å²) in [4.78, 5) is 0. The first-order valence-corrected chi connectivity index (χ1v) is 4.69. The Bertz CT molecular complexity index is 288. The Morgan fingerprint density at radius 1 is 1.21 bits per heavy atom. The standard InChI is InChI=1S/C12H16O2/c1-4-14-10(3)12-7-5-11(6-8-12)9(2)13/h4-10,13H,1H2,2-3H3. The predicted molar refractivity (Wildman–Crippen MR) is 56.8 cm³/mol. The van der Waals surface area contributed by atoms with Gasteiger partial charge in [-0.05, 0) is 25.0 Å². The Morgan fingerprint density at radius 3 is 2.14 bits per heavy atom. The number of benzene rings is 1. The van der Waals surface area contributed by atoms with Gasteiger partial charge in [-0.25, -0.2) is 0 Å². The highest BCUT2D eigenvalue weighted by molar-refractivity contribution is 5.25. The zero-order valence-corrected chi connectivity index (χ0v) is 8.60. The van der Waals surface area contributed by atoms with Gasteiger partial charge >= 0.3 is 0 Å². The van der Waals surface area contributed by atoms with E-state index in [1.807, 2.05) is 31.2 Å². The molecule has 1 aromatic carbocycles. The zero-order chi connectivity index (χ0) is 10.6. The van der Waals surface area contributed by atoms with Gasteiger partial charge in [0, 0.05) is 0 Å². The molecule has 2 unspecified atom stereocenters. The molecule has 0 saturated heterocycles. The maximum Gasteiger partial charge on any atom is 0.120 e. The summed E-state index contributed by atoms with van der Waals surface area (Å²) in [5.74, 6) is 0. The van der Waals surface area contributed by atoms with Crippen molar-refractivity contribution in [2.45, 2.75) is 26.1 Å². The SMILES string of the molecule is C=COC(C)c1ccc(C(C)O)cc1. The highest BCUT2D eigenvalue weighted by atomic mass is 16.5. The average molecular weight is 192 g/mol. The molecule has 0 aliphatic rings. The third-order valence-electron chi connectivity index (χ3n) is 2.19. The van der Waals surface area contributed by atoms with Crippen molar-refractivity contribution < 1.29 is 9.84 Å². The molecule has 0 saturated carbocycles. The van der Waals surface area contributed by atoms with E-state index < -0.39 is 6.10 Å². The number of aliphatic hydroxyl groups excluding tert-OH is 1. The highest BCUT2D eigenvalue weighted by Gasteiger charge is 2.05. The molecule has 1 aromatic rings. The fourth-order valence-corrected chi connectivity index (χ4v) is 1.27. The van der Waals surface area contributed by atoms with Crippen LogP contribution in [0.3, 0.4) is 0 Å². The minimum absolute atomic E-state index is 0.00977. The van der Waals surface area contributed by atoms with E-state index in [0.717, 1.165) is 11.1 Å². The molecule has 2 atom stereocenters. The van der Waals surface area contributed by atoms with Gasteiger partial charge in [-0.3, -0.25) is 0 Å². The van der Waals surface area contributed by atoms with E-state index in [-0.39, 0.29) is 6.10 Å². The van der Waals surface area contributed by atoms with Crippen LogP contribution in [0.1, 0.15) is 37.2 Å². The van der Waals surface area contributed by atoms with E-state index in [1.54, 1.807) is 6.92 Å². The van der Waals surface area contributed by atoms with Crippen molar-refractivity contribution in [1.29, 1.82) is 0 Å². The van der Waals surface area contributed by atoms with Gasteiger partial charge in [0.05, 0.1) is 12.4 Å². The smallest absolute Gasteiger partial charge is 0.120 e. The van der Waals surface area contributed by atoms with Crippen molar-refractivity contribution in [1.82, 2.24) is 0 Å². The van der Waals surface area contributed by atoms with Crippen molar-refractivity contribution in [3.05, 3.63) is 48.2 Å². The minimum Gasteiger partial charge on any atom is -0.494 e. The van der Waals surface area contributed by atoms with Gasteiger partial charge in [0.1, 0.15) is 6.10 Å². The maximum absolute atomic E-state index is 9.31. The maximum atomic E-state index is 9.31. The van der Waals surface area contributed by atoms with Gasteiger partial charge in [-0.1, -0.05) is 30.8 Å². The van der Waals surface area contributed by atoms with Crippen LogP contribution in [0.25, 0.3) is 0 Å². The molecule has 0 heterocycles. The number of hydrogen-bond donors (Lipinski definition) is 1. The summed E-state index contributed by atoms with van der Waals surface area (Å²) >= 11 is 0. The molecule has 2 heteroatoms. The molecule has 0 bridgehead atoms. The largest absolute Gasteiger partial charge is 0.494 e. The van der Waals surface area contributed by atoms with Crippen LogP contribution >= 0.6 is 0 Å². The molecule has 14 heavy (non-hydrogen) atoms. The third-order valence-corrected chi connectivity index (χ3v) is 2.19. The Kier molecular flexibility index (Phi) is 3.72. The van der Waals surface area contributed by atoms with Crippen molar-refractivity contribution in [2.24, 2.45) is 0 Å². The lowest BCUT2D eigenvalue weighted by Gasteiger charge is -2.12. The second-order valence-corrected chi connectivity index (χ2v) is 3.29. The molecule has 76 valence electrons. The molecule has 0 aromatic heterocycles. The van der Waals surface area contributed by atoms with E-state index in [1.165, 1.54) is 6.26 Å². The lowest BCUT2D eigenvalue weighted by atomic mass is 10.1. The van der Waals surface area contributed by atoms with Crippen LogP contribution in [0.4, 0.5) is 0 Å². The Morgan fingerprint density at radius 2 is 1.71 bits per heavy atom. The second-order valence-electron chi connectivity index (χ2n) is 3.29. The van der Waals surface area contributed by atoms with Crippen LogP contribution in [0, 0.1) is 0 Å². The molecule has 0 spiro atoms. The molecule has 0 aliphatic carbocycles. The average Bonchev–Trinajstić information content (AvgIpc) is 2.18. The normalized spacial score (nSPS) is 14.5. The second kappa shape index (κ2) is 4.82. The van der Waals surface area contributed by atoms with E-state index in [2.05, 4.69) is 6.58 Å². The molecule has 1 N–H and O–H groups in total. The van der Waals surface area contributed by atoms with Gasteiger partial charge in [0.2, 0.25) is 0 Å². The summed E-state index contributed by atoms with van der Waals surface area (Å²) in [6.07, 6.45) is 1.03. The highest BCUT2D eigenvalue weighted by Crippen LogP contribution is 2.19. The number of aliphatic hydroxyl groups is 1. The molecule has 0 amide bonds. The Labute approximate surface area is 84.8 Å². The summed E-state index contributed by atoms with van der Waals surface area (Å²) in [7, 11) is 0. The quantitative estimate of drug-likeness (QED) is 0.743. The first-order chi connectivity index (χ1) is 6.65. The van der Waals surface area contributed by atoms with Crippen molar-refractivity contribution in [3.63, 3.8) is 0 Å². The molecule has 0 radical (unpaired) electrons. The van der Waals surface area contributed by atoms with Crippen LogP contribution in [0.5, 0.6) is 0 Å². The fraction of sp³-hybridized carbons (Fsp3) is 0.333. The van der Waals surface area contributed by atoms with Gasteiger partial charge in [-0.15, -0.1) is 0 Å². The van der Waals surface area contributed by atoms with Crippen LogP contribution in [-0.2, 0) is 4.74 Å². The molecule has 2 nitrogen and oxygen atoms in total. The fourth-order valence-electron chi connectivity index (χ4n) is 1.27. The topological polar surface area (TPSA) is 29.5 Å². The predicted octanol–water partition coefficient (Wildman–Crippen LogP) is 2.96. The van der Waals surface area contributed by atoms with Gasteiger partial charge in [-0.2, -0.15) is 0 Å². The summed E-state index contributed by atoms with van der Waals surface area (Å²) < 4.78 is 5.23. The third kappa shape index (κ3) is 2.60. The van der Waals surface area contributed by atoms with Crippen molar-refractivity contribution in [2.75, 3.05) is 0 Å². The number of rotatable bonds is 4. The molecule has 1 rings (SSSR count). The molecule has 0 aliphatic heterocycles. The van der Waals surface area contributed by atoms with Gasteiger partial charge < -0.3 is 9.84 Å². The number of hydrogen-bond acceptors (Lipinski definition) is 2. The van der Waals surface area contributed by atoms with Crippen molar-refractivity contribution >= 4 is 0 Å². The molecule has 0 fully saturated rings. The van der Waals surface area contributed by atoms with Crippen LogP contribution in [0.15, 0.2) is 37.1 Å². The van der Waals surface area contributed by atoms with E-state index in [9.17, 15) is 5.11 Å². The van der Waals surface area contributed by atoms with E-state index >= 15 is 0 Å². The summed E-state index contributed by atoms with van der Waals surface area (Å²) in [5, 5.41) is 9.31. The zero-order valence-electron chi connectivity index (χ0n) is 8.60. The summed E-state index contributed by atoms with van der Waals surface area (Å²) in [5.41, 5.74) is 1.99. The monoisotopic (exact) mass is 192 g/mol. The molecular formula is C12H16O2. The minimum atomic E-state index is -0.417. The van der Waals surface area contributed by atoms with E-state index in [0.29, 0.717) is 0 Å². The van der Waals surface area contributed by atoms with Crippen LogP contribution < -0.4 is 0 Å². The first kappa shape index (κ1) is 10.8. The lowest BCUT2D eigenvalue weighted by Crippen LogP contribution is -1.96. The van der Waals surface area contributed by atoms with Gasteiger partial charge in [0.15, 0.2) is 0 Å². The lowest BCUT2D eigenvalue weighted by molar-refractivity contribution is 0.165. The number of ether oxygens (including phenoxy) is 1. The first-order valence-electron chi connectivity index (χ1n) is 4.69. The van der Waals surface area contributed by atoms with Gasteiger partial charge in [0.25, 0.3) is 0 Å². The summed E-state index contributed by atoms with van der Waals surface area (Å²) in [6.45, 7) is 7.22. The van der Waals surface area contributed by atoms with Crippen molar-refractivity contribution in [3.8, 4) is 0 Å². The van der Waals surface area contributed by atoms with Crippen LogP contribution in [0.2, 0.25) is 0 Å².